The number of furan rings is 1. The molecule has 0 atom stereocenters. The Morgan fingerprint density at radius 1 is 0.969 bits per heavy atom. The van der Waals surface area contributed by atoms with Crippen molar-refractivity contribution in [2.75, 3.05) is 0 Å². The van der Waals surface area contributed by atoms with Crippen LogP contribution in [-0.4, -0.2) is 21.6 Å². The quantitative estimate of drug-likeness (QED) is 0.466. The lowest BCUT2D eigenvalue weighted by Gasteiger charge is -2.20. The van der Waals surface area contributed by atoms with Crippen molar-refractivity contribution in [2.24, 2.45) is 0 Å². The number of nitrogens with zero attached hydrogens (tertiary/aromatic N) is 2. The summed E-state index contributed by atoms with van der Waals surface area (Å²) in [5, 5.41) is 4.84. The van der Waals surface area contributed by atoms with Crippen molar-refractivity contribution in [1.29, 1.82) is 0 Å². The SMILES string of the molecule is CC(C)(C)c1cc(C(C)(C)C)n(-c2ccc(C(=O)NNC(=O)C=Cc3ccco3)cc2)n1. The Hall–Kier alpha value is -3.61. The maximum atomic E-state index is 12.4. The van der Waals surface area contributed by atoms with Crippen molar-refractivity contribution in [3.05, 3.63) is 77.5 Å². The Balaban J connectivity index is 1.71. The molecule has 3 aromatic rings. The van der Waals surface area contributed by atoms with Crippen molar-refractivity contribution < 1.29 is 14.0 Å². The molecule has 0 fully saturated rings. The van der Waals surface area contributed by atoms with Gasteiger partial charge in [-0.25, -0.2) is 4.68 Å². The van der Waals surface area contributed by atoms with Gasteiger partial charge in [0.2, 0.25) is 0 Å². The Morgan fingerprint density at radius 2 is 1.66 bits per heavy atom. The van der Waals surface area contributed by atoms with Gasteiger partial charge in [-0.3, -0.25) is 20.4 Å². The molecule has 2 amide bonds. The van der Waals surface area contributed by atoms with Gasteiger partial charge >= 0.3 is 0 Å². The van der Waals surface area contributed by atoms with E-state index in [-0.39, 0.29) is 10.8 Å². The fraction of sp³-hybridized carbons (Fsp3) is 0.320. The number of hydrogen-bond acceptors (Lipinski definition) is 4. The predicted octanol–water partition coefficient (Wildman–Crippen LogP) is 4.53. The molecule has 7 heteroatoms. The third kappa shape index (κ3) is 5.55. The fourth-order valence-corrected chi connectivity index (χ4v) is 3.01. The second kappa shape index (κ2) is 8.86. The first-order valence-electron chi connectivity index (χ1n) is 10.5. The van der Waals surface area contributed by atoms with Crippen LogP contribution in [0.5, 0.6) is 0 Å². The lowest BCUT2D eigenvalue weighted by molar-refractivity contribution is -0.117. The number of nitrogens with one attached hydrogen (secondary N) is 2. The number of rotatable bonds is 4. The van der Waals surface area contributed by atoms with E-state index in [1.54, 1.807) is 24.3 Å². The number of aromatic nitrogens is 2. The van der Waals surface area contributed by atoms with Crippen LogP contribution < -0.4 is 10.9 Å². The van der Waals surface area contributed by atoms with Crippen LogP contribution in [0.3, 0.4) is 0 Å². The Bertz CT molecular complexity index is 1110. The molecule has 0 aliphatic heterocycles. The second-order valence-electron chi connectivity index (χ2n) is 9.67. The van der Waals surface area contributed by atoms with Crippen LogP contribution in [0.1, 0.15) is 69.0 Å². The highest BCUT2D eigenvalue weighted by Crippen LogP contribution is 2.30. The highest BCUT2D eigenvalue weighted by atomic mass is 16.3. The van der Waals surface area contributed by atoms with Crippen LogP contribution in [0, 0.1) is 0 Å². The summed E-state index contributed by atoms with van der Waals surface area (Å²) >= 11 is 0. The highest BCUT2D eigenvalue weighted by molar-refractivity contribution is 5.97. The summed E-state index contributed by atoms with van der Waals surface area (Å²) in [7, 11) is 0. The molecule has 2 aromatic heterocycles. The molecule has 0 aliphatic carbocycles. The van der Waals surface area contributed by atoms with Gasteiger partial charge in [0, 0.05) is 28.2 Å². The van der Waals surface area contributed by atoms with E-state index in [0.29, 0.717) is 11.3 Å². The minimum atomic E-state index is -0.465. The van der Waals surface area contributed by atoms with E-state index in [4.69, 9.17) is 9.52 Å². The average molecular weight is 435 g/mol. The van der Waals surface area contributed by atoms with Crippen LogP contribution in [0.4, 0.5) is 0 Å². The van der Waals surface area contributed by atoms with Gasteiger partial charge in [-0.1, -0.05) is 41.5 Å². The maximum absolute atomic E-state index is 12.4. The zero-order chi connectivity index (χ0) is 23.5. The van der Waals surface area contributed by atoms with Gasteiger partial charge in [0.05, 0.1) is 17.6 Å². The average Bonchev–Trinajstić information content (AvgIpc) is 3.40. The number of amides is 2. The summed E-state index contributed by atoms with van der Waals surface area (Å²) in [6.07, 6.45) is 4.31. The normalized spacial score (nSPS) is 12.2. The molecule has 0 aliphatic rings. The summed E-state index contributed by atoms with van der Waals surface area (Å²) < 4.78 is 7.05. The molecule has 168 valence electrons. The standard InChI is InChI=1S/C25H30N4O3/c1-24(2,3)20-16-21(25(4,5)6)29(28-20)18-11-9-17(10-12-18)23(31)27-26-22(30)14-13-19-8-7-15-32-19/h7-16H,1-6H3,(H,26,30)(H,27,31). The van der Waals surface area contributed by atoms with Crippen molar-refractivity contribution in [1.82, 2.24) is 20.6 Å². The molecule has 0 spiro atoms. The molecule has 0 saturated carbocycles. The monoisotopic (exact) mass is 434 g/mol. The molecule has 0 bridgehead atoms. The third-order valence-corrected chi connectivity index (χ3v) is 4.86. The van der Waals surface area contributed by atoms with Crippen molar-refractivity contribution in [3.63, 3.8) is 0 Å². The first kappa shape index (κ1) is 23.1. The lowest BCUT2D eigenvalue weighted by Crippen LogP contribution is -2.40. The van der Waals surface area contributed by atoms with Crippen LogP contribution in [0.2, 0.25) is 0 Å². The minimum Gasteiger partial charge on any atom is -0.465 e. The zero-order valence-corrected chi connectivity index (χ0v) is 19.4. The summed E-state index contributed by atoms with van der Waals surface area (Å²) in [5.74, 6) is -0.333. The van der Waals surface area contributed by atoms with E-state index in [1.807, 2.05) is 16.8 Å². The molecule has 3 rings (SSSR count). The third-order valence-electron chi connectivity index (χ3n) is 4.86. The van der Waals surface area contributed by atoms with Gasteiger partial charge in [0.25, 0.3) is 11.8 Å². The van der Waals surface area contributed by atoms with Gasteiger partial charge in [-0.15, -0.1) is 0 Å². The van der Waals surface area contributed by atoms with Crippen LogP contribution in [0.15, 0.2) is 59.2 Å². The van der Waals surface area contributed by atoms with Crippen LogP contribution in [-0.2, 0) is 15.6 Å². The first-order valence-corrected chi connectivity index (χ1v) is 10.5. The second-order valence-corrected chi connectivity index (χ2v) is 9.67. The van der Waals surface area contributed by atoms with Crippen LogP contribution >= 0.6 is 0 Å². The van der Waals surface area contributed by atoms with E-state index >= 15 is 0 Å². The fourth-order valence-electron chi connectivity index (χ4n) is 3.01. The first-order chi connectivity index (χ1) is 14.9. The van der Waals surface area contributed by atoms with Gasteiger partial charge in [-0.2, -0.15) is 5.10 Å². The Kier molecular flexibility index (Phi) is 6.39. The topological polar surface area (TPSA) is 89.2 Å². The van der Waals surface area contributed by atoms with Crippen molar-refractivity contribution >= 4 is 17.9 Å². The van der Waals surface area contributed by atoms with Gasteiger partial charge in [0.15, 0.2) is 0 Å². The summed E-state index contributed by atoms with van der Waals surface area (Å²) in [6.45, 7) is 12.9. The number of carbonyl (C=O) groups is 2. The molecule has 2 N–H and O–H groups in total. The largest absolute Gasteiger partial charge is 0.465 e. The van der Waals surface area contributed by atoms with Crippen molar-refractivity contribution in [3.8, 4) is 5.69 Å². The summed E-state index contributed by atoms with van der Waals surface area (Å²) in [5.41, 5.74) is 7.98. The number of hydrogen-bond donors (Lipinski definition) is 2. The molecule has 7 nitrogen and oxygen atoms in total. The van der Waals surface area contributed by atoms with Crippen LogP contribution in [0.25, 0.3) is 11.8 Å². The van der Waals surface area contributed by atoms with E-state index in [1.165, 1.54) is 18.4 Å². The number of hydrazine groups is 1. The molecule has 0 saturated heterocycles. The summed E-state index contributed by atoms with van der Waals surface area (Å²) in [4.78, 5) is 24.3. The van der Waals surface area contributed by atoms with E-state index in [9.17, 15) is 9.59 Å². The van der Waals surface area contributed by atoms with E-state index < -0.39 is 11.8 Å². The smallest absolute Gasteiger partial charge is 0.269 e. The van der Waals surface area contributed by atoms with Gasteiger partial charge in [-0.05, 0) is 48.5 Å². The molecule has 32 heavy (non-hydrogen) atoms. The van der Waals surface area contributed by atoms with E-state index in [2.05, 4.69) is 58.5 Å². The molecular formula is C25H30N4O3. The zero-order valence-electron chi connectivity index (χ0n) is 19.4. The summed E-state index contributed by atoms with van der Waals surface area (Å²) in [6, 6.07) is 12.7. The Morgan fingerprint density at radius 3 is 2.22 bits per heavy atom. The predicted molar refractivity (Wildman–Crippen MR) is 124 cm³/mol. The van der Waals surface area contributed by atoms with Crippen molar-refractivity contribution in [2.45, 2.75) is 52.4 Å². The molecule has 0 unspecified atom stereocenters. The van der Waals surface area contributed by atoms with E-state index in [0.717, 1.165) is 17.1 Å². The van der Waals surface area contributed by atoms with Gasteiger partial charge in [0.1, 0.15) is 5.76 Å². The number of benzene rings is 1. The lowest BCUT2D eigenvalue weighted by atomic mass is 9.88. The minimum absolute atomic E-state index is 0.0747. The highest BCUT2D eigenvalue weighted by Gasteiger charge is 2.26. The molecular weight excluding hydrogens is 404 g/mol. The molecule has 0 radical (unpaired) electrons. The van der Waals surface area contributed by atoms with Gasteiger partial charge < -0.3 is 4.42 Å². The molecule has 1 aromatic carbocycles. The number of carbonyl (C=O) groups excluding carboxylic acids is 2. The molecule has 2 heterocycles. The Labute approximate surface area is 188 Å². The maximum Gasteiger partial charge on any atom is 0.269 e.